The number of hydrogen-bond acceptors (Lipinski definition) is 5. The summed E-state index contributed by atoms with van der Waals surface area (Å²) >= 11 is 3.44. The number of hydrogen-bond donors (Lipinski definition) is 0. The Balaban J connectivity index is 1.38. The van der Waals surface area contributed by atoms with Crippen molar-refractivity contribution in [2.24, 2.45) is 13.0 Å². The van der Waals surface area contributed by atoms with E-state index in [1.54, 1.807) is 0 Å². The van der Waals surface area contributed by atoms with Gasteiger partial charge in [0.1, 0.15) is 5.82 Å². The standard InChI is InChI=1S/C19H22BrN5O/c1-24-10-8-21-17(24)11-14-3-2-9-25(12-14)13-18-22-23-19(26-18)15-4-6-16(20)7-5-15/h4-8,10,14H,2-3,9,11-13H2,1H3/t14-/m0/s1. The van der Waals surface area contributed by atoms with Crippen molar-refractivity contribution >= 4 is 15.9 Å². The van der Waals surface area contributed by atoms with E-state index >= 15 is 0 Å². The minimum Gasteiger partial charge on any atom is -0.419 e. The molecule has 1 aliphatic heterocycles. The van der Waals surface area contributed by atoms with Crippen LogP contribution in [0.5, 0.6) is 0 Å². The number of likely N-dealkylation sites (tertiary alicyclic amines) is 1. The molecule has 136 valence electrons. The number of rotatable bonds is 5. The number of imidazole rings is 1. The van der Waals surface area contributed by atoms with Gasteiger partial charge in [-0.15, -0.1) is 10.2 Å². The maximum atomic E-state index is 5.88. The lowest BCUT2D eigenvalue weighted by atomic mass is 9.94. The summed E-state index contributed by atoms with van der Waals surface area (Å²) in [6, 6.07) is 7.91. The van der Waals surface area contributed by atoms with Crippen molar-refractivity contribution < 1.29 is 4.42 Å². The molecule has 0 unspecified atom stereocenters. The highest BCUT2D eigenvalue weighted by atomic mass is 79.9. The zero-order valence-electron chi connectivity index (χ0n) is 14.8. The summed E-state index contributed by atoms with van der Waals surface area (Å²) in [7, 11) is 2.06. The van der Waals surface area contributed by atoms with E-state index in [9.17, 15) is 0 Å². The average molecular weight is 416 g/mol. The molecular weight excluding hydrogens is 394 g/mol. The van der Waals surface area contributed by atoms with Gasteiger partial charge in [0.25, 0.3) is 0 Å². The normalized spacial score (nSPS) is 18.3. The van der Waals surface area contributed by atoms with Gasteiger partial charge in [-0.2, -0.15) is 0 Å². The molecule has 1 fully saturated rings. The first kappa shape index (κ1) is 17.4. The molecule has 0 N–H and O–H groups in total. The molecule has 6 nitrogen and oxygen atoms in total. The van der Waals surface area contributed by atoms with Gasteiger partial charge in [0.05, 0.1) is 6.54 Å². The molecule has 0 aliphatic carbocycles. The fraction of sp³-hybridized carbons (Fsp3) is 0.421. The smallest absolute Gasteiger partial charge is 0.247 e. The van der Waals surface area contributed by atoms with Crippen LogP contribution in [0.25, 0.3) is 11.5 Å². The second kappa shape index (κ2) is 7.72. The minimum absolute atomic E-state index is 0.578. The molecule has 7 heteroatoms. The molecule has 26 heavy (non-hydrogen) atoms. The topological polar surface area (TPSA) is 60.0 Å². The van der Waals surface area contributed by atoms with E-state index < -0.39 is 0 Å². The van der Waals surface area contributed by atoms with E-state index in [0.717, 1.165) is 35.4 Å². The number of nitrogens with zero attached hydrogens (tertiary/aromatic N) is 5. The Bertz CT molecular complexity index is 857. The number of halogens is 1. The van der Waals surface area contributed by atoms with Crippen LogP contribution in [0, 0.1) is 5.92 Å². The van der Waals surface area contributed by atoms with Crippen molar-refractivity contribution in [3.05, 3.63) is 52.8 Å². The van der Waals surface area contributed by atoms with Crippen LogP contribution in [-0.2, 0) is 20.0 Å². The Morgan fingerprint density at radius 2 is 2.08 bits per heavy atom. The van der Waals surface area contributed by atoms with Gasteiger partial charge >= 0.3 is 0 Å². The van der Waals surface area contributed by atoms with Crippen molar-refractivity contribution in [2.75, 3.05) is 13.1 Å². The summed E-state index contributed by atoms with van der Waals surface area (Å²) < 4.78 is 9.02. The summed E-state index contributed by atoms with van der Waals surface area (Å²) in [6.07, 6.45) is 7.35. The van der Waals surface area contributed by atoms with Gasteiger partial charge in [-0.3, -0.25) is 4.90 Å². The third kappa shape index (κ3) is 4.04. The summed E-state index contributed by atoms with van der Waals surface area (Å²) in [5, 5.41) is 8.44. The number of aryl methyl sites for hydroxylation is 1. The Kier molecular flexibility index (Phi) is 5.17. The third-order valence-corrected chi connectivity index (χ3v) is 5.44. The van der Waals surface area contributed by atoms with Crippen molar-refractivity contribution in [1.29, 1.82) is 0 Å². The van der Waals surface area contributed by atoms with Gasteiger partial charge in [0.15, 0.2) is 0 Å². The second-order valence-electron chi connectivity index (χ2n) is 6.91. The van der Waals surface area contributed by atoms with E-state index in [1.807, 2.05) is 36.7 Å². The van der Waals surface area contributed by atoms with E-state index in [-0.39, 0.29) is 0 Å². The SMILES string of the molecule is Cn1ccnc1C[C@@H]1CCCN(Cc2nnc(-c3ccc(Br)cc3)o2)C1. The van der Waals surface area contributed by atoms with E-state index in [4.69, 9.17) is 4.42 Å². The zero-order valence-corrected chi connectivity index (χ0v) is 16.4. The predicted molar refractivity (Wildman–Crippen MR) is 102 cm³/mol. The maximum Gasteiger partial charge on any atom is 0.247 e. The molecule has 3 aromatic rings. The second-order valence-corrected chi connectivity index (χ2v) is 7.83. The molecule has 1 aliphatic rings. The first-order valence-electron chi connectivity index (χ1n) is 8.94. The molecule has 4 rings (SSSR count). The molecule has 0 bridgehead atoms. The first-order chi connectivity index (χ1) is 12.7. The molecule has 2 aromatic heterocycles. The summed E-state index contributed by atoms with van der Waals surface area (Å²) in [6.45, 7) is 2.83. The zero-order chi connectivity index (χ0) is 17.9. The van der Waals surface area contributed by atoms with Gasteiger partial charge < -0.3 is 8.98 Å². The molecular formula is C19H22BrN5O. The monoisotopic (exact) mass is 415 g/mol. The Labute approximate surface area is 161 Å². The van der Waals surface area contributed by atoms with Gasteiger partial charge in [-0.25, -0.2) is 4.98 Å². The van der Waals surface area contributed by atoms with E-state index in [0.29, 0.717) is 24.2 Å². The molecule has 3 heterocycles. The predicted octanol–water partition coefficient (Wildman–Crippen LogP) is 3.69. The van der Waals surface area contributed by atoms with Crippen molar-refractivity contribution in [3.63, 3.8) is 0 Å². The van der Waals surface area contributed by atoms with Crippen molar-refractivity contribution in [2.45, 2.75) is 25.8 Å². The van der Waals surface area contributed by atoms with Crippen LogP contribution in [0.4, 0.5) is 0 Å². The summed E-state index contributed by atoms with van der Waals surface area (Å²) in [5.74, 6) is 3.04. The molecule has 0 amide bonds. The highest BCUT2D eigenvalue weighted by Crippen LogP contribution is 2.24. The number of piperidine rings is 1. The summed E-state index contributed by atoms with van der Waals surface area (Å²) in [4.78, 5) is 6.87. The Morgan fingerprint density at radius 1 is 1.23 bits per heavy atom. The fourth-order valence-corrected chi connectivity index (χ4v) is 3.80. The highest BCUT2D eigenvalue weighted by molar-refractivity contribution is 9.10. The summed E-state index contributed by atoms with van der Waals surface area (Å²) in [5.41, 5.74) is 0.943. The lowest BCUT2D eigenvalue weighted by molar-refractivity contribution is 0.153. The molecule has 1 aromatic carbocycles. The van der Waals surface area contributed by atoms with Gasteiger partial charge in [0.2, 0.25) is 11.8 Å². The molecule has 0 radical (unpaired) electrons. The molecule has 1 saturated heterocycles. The van der Waals surface area contributed by atoms with Crippen LogP contribution in [0.3, 0.4) is 0 Å². The fourth-order valence-electron chi connectivity index (χ4n) is 3.53. The number of benzene rings is 1. The third-order valence-electron chi connectivity index (χ3n) is 4.91. The van der Waals surface area contributed by atoms with Crippen LogP contribution in [0.2, 0.25) is 0 Å². The van der Waals surface area contributed by atoms with Crippen LogP contribution in [0.1, 0.15) is 24.6 Å². The molecule has 1 atom stereocenters. The Morgan fingerprint density at radius 3 is 2.85 bits per heavy atom. The van der Waals surface area contributed by atoms with Crippen LogP contribution in [-0.4, -0.2) is 37.7 Å². The van der Waals surface area contributed by atoms with Gasteiger partial charge in [-0.1, -0.05) is 15.9 Å². The van der Waals surface area contributed by atoms with Crippen LogP contribution >= 0.6 is 15.9 Å². The quantitative estimate of drug-likeness (QED) is 0.635. The van der Waals surface area contributed by atoms with E-state index in [1.165, 1.54) is 12.8 Å². The lowest BCUT2D eigenvalue weighted by Gasteiger charge is -2.31. The minimum atomic E-state index is 0.578. The average Bonchev–Trinajstić information content (AvgIpc) is 3.26. The molecule has 0 saturated carbocycles. The number of aromatic nitrogens is 4. The highest BCUT2D eigenvalue weighted by Gasteiger charge is 2.23. The first-order valence-corrected chi connectivity index (χ1v) is 9.73. The van der Waals surface area contributed by atoms with Crippen molar-refractivity contribution in [3.8, 4) is 11.5 Å². The van der Waals surface area contributed by atoms with Crippen LogP contribution in [0.15, 0.2) is 45.5 Å². The largest absolute Gasteiger partial charge is 0.419 e. The van der Waals surface area contributed by atoms with E-state index in [2.05, 4.69) is 47.6 Å². The van der Waals surface area contributed by atoms with Crippen molar-refractivity contribution in [1.82, 2.24) is 24.6 Å². The Hall–Kier alpha value is -1.99. The van der Waals surface area contributed by atoms with Gasteiger partial charge in [0, 0.05) is 42.4 Å². The van der Waals surface area contributed by atoms with Gasteiger partial charge in [-0.05, 0) is 49.6 Å². The maximum absolute atomic E-state index is 5.88. The lowest BCUT2D eigenvalue weighted by Crippen LogP contribution is -2.36. The molecule has 0 spiro atoms. The van der Waals surface area contributed by atoms with Crippen LogP contribution < -0.4 is 0 Å².